The lowest BCUT2D eigenvalue weighted by Crippen LogP contribution is -2.53. The number of carbonyl (C=O) groups excluding carboxylic acids is 2. The molecule has 0 bridgehead atoms. The minimum Gasteiger partial charge on any atom is -0.325 e. The van der Waals surface area contributed by atoms with Gasteiger partial charge in [-0.25, -0.2) is 8.42 Å². The van der Waals surface area contributed by atoms with E-state index in [1.165, 1.54) is 11.2 Å². The van der Waals surface area contributed by atoms with Crippen LogP contribution in [0.3, 0.4) is 0 Å². The maximum absolute atomic E-state index is 13.1. The molecular formula is C25H33N3O4S. The van der Waals surface area contributed by atoms with Crippen LogP contribution >= 0.6 is 0 Å². The summed E-state index contributed by atoms with van der Waals surface area (Å²) in [6, 6.07) is 13.5. The number of carbonyl (C=O) groups is 2. The summed E-state index contributed by atoms with van der Waals surface area (Å²) >= 11 is 0. The predicted octanol–water partition coefficient (Wildman–Crippen LogP) is 3.74. The molecule has 1 saturated heterocycles. The van der Waals surface area contributed by atoms with Crippen molar-refractivity contribution in [2.45, 2.75) is 51.0 Å². The maximum atomic E-state index is 13.1. The lowest BCUT2D eigenvalue weighted by molar-refractivity contribution is -0.121. The zero-order valence-electron chi connectivity index (χ0n) is 19.7. The molecule has 178 valence electrons. The van der Waals surface area contributed by atoms with Crippen molar-refractivity contribution in [3.63, 3.8) is 0 Å². The Bertz CT molecular complexity index is 1070. The number of amides is 1. The van der Waals surface area contributed by atoms with E-state index < -0.39 is 16.1 Å². The monoisotopic (exact) mass is 471 g/mol. The largest absolute Gasteiger partial charge is 0.325 e. The van der Waals surface area contributed by atoms with E-state index >= 15 is 0 Å². The molecule has 3 rings (SSSR count). The van der Waals surface area contributed by atoms with E-state index in [1.54, 1.807) is 36.4 Å². The highest BCUT2D eigenvalue weighted by Gasteiger charge is 2.31. The van der Waals surface area contributed by atoms with E-state index in [-0.39, 0.29) is 11.7 Å². The van der Waals surface area contributed by atoms with Gasteiger partial charge in [0.05, 0.1) is 10.9 Å². The first kappa shape index (κ1) is 25.1. The Balaban J connectivity index is 1.57. The van der Waals surface area contributed by atoms with Gasteiger partial charge >= 0.3 is 0 Å². The van der Waals surface area contributed by atoms with Crippen molar-refractivity contribution in [1.29, 1.82) is 0 Å². The fourth-order valence-corrected chi connectivity index (χ4v) is 5.31. The highest BCUT2D eigenvalue weighted by molar-refractivity contribution is 7.89. The summed E-state index contributed by atoms with van der Waals surface area (Å²) in [4.78, 5) is 26.4. The SMILES string of the molecule is CCC(C)c1ccc(S(=O)(=O)N2CCN(C(C)C(=O)Nc3ccc(C(C)=O)cc3)CC2)cc1. The highest BCUT2D eigenvalue weighted by Crippen LogP contribution is 2.23. The average Bonchev–Trinajstić information content (AvgIpc) is 2.83. The standard InChI is InChI=1S/C25H33N3O4S/c1-5-18(2)21-8-12-24(13-9-21)33(31,32)28-16-14-27(15-17-28)19(3)25(30)26-23-10-6-22(7-11-23)20(4)29/h6-13,18-19H,5,14-17H2,1-4H3,(H,26,30). The number of benzene rings is 2. The van der Waals surface area contributed by atoms with Crippen LogP contribution in [0.5, 0.6) is 0 Å². The summed E-state index contributed by atoms with van der Waals surface area (Å²) in [7, 11) is -3.56. The van der Waals surface area contributed by atoms with Gasteiger partial charge in [0.15, 0.2) is 5.78 Å². The zero-order chi connectivity index (χ0) is 24.2. The Morgan fingerprint density at radius 1 is 0.939 bits per heavy atom. The fourth-order valence-electron chi connectivity index (χ4n) is 3.89. The quantitative estimate of drug-likeness (QED) is 0.593. The van der Waals surface area contributed by atoms with E-state index in [2.05, 4.69) is 19.2 Å². The Morgan fingerprint density at radius 3 is 2.03 bits per heavy atom. The number of anilines is 1. The van der Waals surface area contributed by atoms with Gasteiger partial charge in [-0.3, -0.25) is 14.5 Å². The third-order valence-electron chi connectivity index (χ3n) is 6.46. The fraction of sp³-hybridized carbons (Fsp3) is 0.440. The third-order valence-corrected chi connectivity index (χ3v) is 8.37. The third kappa shape index (κ3) is 5.88. The van der Waals surface area contributed by atoms with Gasteiger partial charge in [-0.1, -0.05) is 26.0 Å². The molecule has 1 aliphatic heterocycles. The molecule has 0 saturated carbocycles. The molecule has 0 aromatic heterocycles. The molecule has 1 amide bonds. The first-order chi connectivity index (χ1) is 15.6. The summed E-state index contributed by atoms with van der Waals surface area (Å²) in [5, 5.41) is 2.87. The number of sulfonamides is 1. The van der Waals surface area contributed by atoms with E-state index in [0.29, 0.717) is 48.2 Å². The predicted molar refractivity (Wildman–Crippen MR) is 130 cm³/mol. The molecule has 0 aliphatic carbocycles. The lowest BCUT2D eigenvalue weighted by Gasteiger charge is -2.36. The molecular weight excluding hydrogens is 438 g/mol. The number of rotatable bonds is 8. The second kappa shape index (κ2) is 10.6. The van der Waals surface area contributed by atoms with Crippen LogP contribution in [0.2, 0.25) is 0 Å². The molecule has 2 unspecified atom stereocenters. The topological polar surface area (TPSA) is 86.8 Å². The van der Waals surface area contributed by atoms with Crippen molar-refractivity contribution >= 4 is 27.4 Å². The van der Waals surface area contributed by atoms with Gasteiger partial charge in [0.25, 0.3) is 0 Å². The van der Waals surface area contributed by atoms with Crippen LogP contribution < -0.4 is 5.32 Å². The Kier molecular flexibility index (Phi) is 8.05. The number of piperazine rings is 1. The summed E-state index contributed by atoms with van der Waals surface area (Å²) in [6.07, 6.45) is 1.00. The van der Waals surface area contributed by atoms with E-state index in [4.69, 9.17) is 0 Å². The van der Waals surface area contributed by atoms with Crippen LogP contribution in [-0.4, -0.2) is 61.5 Å². The molecule has 1 heterocycles. The van der Waals surface area contributed by atoms with Crippen molar-refractivity contribution in [1.82, 2.24) is 9.21 Å². The van der Waals surface area contributed by atoms with Crippen LogP contribution in [0.1, 0.15) is 56.0 Å². The smallest absolute Gasteiger partial charge is 0.243 e. The van der Waals surface area contributed by atoms with Crippen LogP contribution in [0.4, 0.5) is 5.69 Å². The first-order valence-corrected chi connectivity index (χ1v) is 12.8. The van der Waals surface area contributed by atoms with Gasteiger partial charge in [0.2, 0.25) is 15.9 Å². The van der Waals surface area contributed by atoms with Crippen LogP contribution in [0, 0.1) is 0 Å². The maximum Gasteiger partial charge on any atom is 0.243 e. The van der Waals surface area contributed by atoms with Crippen LogP contribution in [-0.2, 0) is 14.8 Å². The summed E-state index contributed by atoms with van der Waals surface area (Å²) in [6.45, 7) is 9.17. The van der Waals surface area contributed by atoms with E-state index in [9.17, 15) is 18.0 Å². The minimum absolute atomic E-state index is 0.0273. The average molecular weight is 472 g/mol. The Hall–Kier alpha value is -2.55. The number of nitrogens with one attached hydrogen (secondary N) is 1. The number of Topliss-reactive ketones (excluding diaryl/α,β-unsaturated/α-hetero) is 1. The number of nitrogens with zero attached hydrogens (tertiary/aromatic N) is 2. The van der Waals surface area contributed by atoms with Crippen LogP contribution in [0.15, 0.2) is 53.4 Å². The molecule has 2 aromatic carbocycles. The molecule has 2 aromatic rings. The second-order valence-corrected chi connectivity index (χ2v) is 10.6. The first-order valence-electron chi connectivity index (χ1n) is 11.4. The molecule has 1 aliphatic rings. The van der Waals surface area contributed by atoms with Gasteiger partial charge in [-0.05, 0) is 68.1 Å². The van der Waals surface area contributed by atoms with Gasteiger partial charge in [-0.2, -0.15) is 4.31 Å². The molecule has 33 heavy (non-hydrogen) atoms. The molecule has 0 spiro atoms. The Labute approximate surface area is 196 Å². The summed E-state index contributed by atoms with van der Waals surface area (Å²) < 4.78 is 27.6. The number of ketones is 1. The molecule has 1 fully saturated rings. The zero-order valence-corrected chi connectivity index (χ0v) is 20.6. The normalized spacial score (nSPS) is 17.3. The van der Waals surface area contributed by atoms with E-state index in [0.717, 1.165) is 12.0 Å². The summed E-state index contributed by atoms with van der Waals surface area (Å²) in [5.41, 5.74) is 2.35. The van der Waals surface area contributed by atoms with Crippen molar-refractivity contribution in [2.75, 3.05) is 31.5 Å². The molecule has 2 atom stereocenters. The molecule has 0 radical (unpaired) electrons. The highest BCUT2D eigenvalue weighted by atomic mass is 32.2. The van der Waals surface area contributed by atoms with Crippen molar-refractivity contribution < 1.29 is 18.0 Å². The van der Waals surface area contributed by atoms with Gasteiger partial charge in [-0.15, -0.1) is 0 Å². The minimum atomic E-state index is -3.56. The Morgan fingerprint density at radius 2 is 1.52 bits per heavy atom. The van der Waals surface area contributed by atoms with Gasteiger partial charge in [0, 0.05) is 37.4 Å². The summed E-state index contributed by atoms with van der Waals surface area (Å²) in [5.74, 6) is 0.202. The second-order valence-electron chi connectivity index (χ2n) is 8.62. The molecule has 1 N–H and O–H groups in total. The number of hydrogen-bond donors (Lipinski definition) is 1. The molecule has 8 heteroatoms. The van der Waals surface area contributed by atoms with Crippen LogP contribution in [0.25, 0.3) is 0 Å². The lowest BCUT2D eigenvalue weighted by atomic mass is 9.99. The number of hydrogen-bond acceptors (Lipinski definition) is 5. The van der Waals surface area contributed by atoms with Crippen molar-refractivity contribution in [2.24, 2.45) is 0 Å². The van der Waals surface area contributed by atoms with E-state index in [1.807, 2.05) is 24.0 Å². The van der Waals surface area contributed by atoms with Gasteiger partial charge in [0.1, 0.15) is 0 Å². The molecule has 7 nitrogen and oxygen atoms in total. The van der Waals surface area contributed by atoms with Gasteiger partial charge < -0.3 is 5.32 Å². The van der Waals surface area contributed by atoms with Crippen molar-refractivity contribution in [3.05, 3.63) is 59.7 Å². The van der Waals surface area contributed by atoms with Crippen molar-refractivity contribution in [3.8, 4) is 0 Å².